The molecule has 0 saturated carbocycles. The molecule has 2 aromatic rings. The fourth-order valence-electron chi connectivity index (χ4n) is 3.32. The van der Waals surface area contributed by atoms with E-state index < -0.39 is 0 Å². The zero-order chi connectivity index (χ0) is 16.9. The van der Waals surface area contributed by atoms with Crippen LogP contribution in [-0.4, -0.2) is 38.8 Å². The highest BCUT2D eigenvalue weighted by Gasteiger charge is 2.19. The van der Waals surface area contributed by atoms with E-state index in [9.17, 15) is 0 Å². The van der Waals surface area contributed by atoms with Crippen LogP contribution in [0.5, 0.6) is 6.01 Å². The van der Waals surface area contributed by atoms with E-state index in [4.69, 9.17) is 10.5 Å². The molecule has 0 unspecified atom stereocenters. The molecule has 1 aliphatic rings. The van der Waals surface area contributed by atoms with Crippen LogP contribution in [0.3, 0.4) is 0 Å². The average Bonchev–Trinajstić information content (AvgIpc) is 2.99. The van der Waals surface area contributed by atoms with E-state index >= 15 is 0 Å². The summed E-state index contributed by atoms with van der Waals surface area (Å²) in [5.74, 6) is 1.04. The number of nitrogen functional groups attached to an aromatic ring is 1. The maximum absolute atomic E-state index is 6.07. The van der Waals surface area contributed by atoms with Crippen molar-refractivity contribution in [3.8, 4) is 6.01 Å². The third kappa shape index (κ3) is 3.77. The molecule has 0 spiro atoms. The van der Waals surface area contributed by atoms with Crippen molar-refractivity contribution in [3.63, 3.8) is 0 Å². The normalized spacial score (nSPS) is 17.2. The molecule has 7 heteroatoms. The third-order valence-electron chi connectivity index (χ3n) is 4.73. The molecule has 0 radical (unpaired) electrons. The van der Waals surface area contributed by atoms with E-state index in [2.05, 4.69) is 34.2 Å². The Morgan fingerprint density at radius 2 is 2.17 bits per heavy atom. The van der Waals surface area contributed by atoms with Crippen LogP contribution in [0.4, 0.5) is 5.82 Å². The summed E-state index contributed by atoms with van der Waals surface area (Å²) in [5, 5.41) is 7.96. The van der Waals surface area contributed by atoms with Crippen LogP contribution in [-0.2, 0) is 6.42 Å². The first kappa shape index (κ1) is 17.0. The van der Waals surface area contributed by atoms with Gasteiger partial charge in [-0.2, -0.15) is 4.98 Å². The molecule has 3 heterocycles. The van der Waals surface area contributed by atoms with E-state index in [1.807, 2.05) is 10.7 Å². The molecule has 1 aliphatic heterocycles. The molecule has 3 N–H and O–H groups in total. The number of hydrogen-bond donors (Lipinski definition) is 2. The Morgan fingerprint density at radius 1 is 1.38 bits per heavy atom. The minimum absolute atomic E-state index is 0.128. The quantitative estimate of drug-likeness (QED) is 0.808. The summed E-state index contributed by atoms with van der Waals surface area (Å²) in [6, 6.07) is 0.352. The van der Waals surface area contributed by atoms with Gasteiger partial charge in [0.25, 0.3) is 0 Å². The van der Waals surface area contributed by atoms with Gasteiger partial charge >= 0.3 is 6.01 Å². The van der Waals surface area contributed by atoms with E-state index in [0.717, 1.165) is 44.5 Å². The number of nitrogens with zero attached hydrogens (tertiary/aromatic N) is 4. The predicted molar refractivity (Wildman–Crippen MR) is 94.1 cm³/mol. The van der Waals surface area contributed by atoms with Crippen molar-refractivity contribution in [1.82, 2.24) is 24.9 Å². The van der Waals surface area contributed by atoms with Gasteiger partial charge in [-0.05, 0) is 51.1 Å². The molecule has 24 heavy (non-hydrogen) atoms. The number of imidazole rings is 1. The summed E-state index contributed by atoms with van der Waals surface area (Å²) in [6.07, 6.45) is 8.33. The van der Waals surface area contributed by atoms with Gasteiger partial charge in [0.1, 0.15) is 6.10 Å². The topological polar surface area (TPSA) is 90.4 Å². The second-order valence-electron chi connectivity index (χ2n) is 6.60. The monoisotopic (exact) mass is 332 g/mol. The van der Waals surface area contributed by atoms with Gasteiger partial charge in [0, 0.05) is 0 Å². The summed E-state index contributed by atoms with van der Waals surface area (Å²) in [4.78, 5) is 8.68. The van der Waals surface area contributed by atoms with Crippen molar-refractivity contribution in [2.24, 2.45) is 5.92 Å². The molecule has 7 nitrogen and oxygen atoms in total. The number of piperidine rings is 1. The smallest absolute Gasteiger partial charge is 0.336 e. The fourth-order valence-corrected chi connectivity index (χ4v) is 3.32. The van der Waals surface area contributed by atoms with Crippen molar-refractivity contribution in [2.75, 3.05) is 18.8 Å². The van der Waals surface area contributed by atoms with E-state index in [0.29, 0.717) is 23.4 Å². The Morgan fingerprint density at radius 3 is 2.88 bits per heavy atom. The molecule has 0 aliphatic carbocycles. The Bertz CT molecular complexity index is 664. The Hall–Kier alpha value is -1.89. The highest BCUT2D eigenvalue weighted by molar-refractivity contribution is 5.59. The molecular weight excluding hydrogens is 304 g/mol. The first-order valence-electron chi connectivity index (χ1n) is 9.08. The first-order valence-corrected chi connectivity index (χ1v) is 9.08. The van der Waals surface area contributed by atoms with E-state index in [1.165, 1.54) is 12.8 Å². The zero-order valence-corrected chi connectivity index (χ0v) is 14.7. The predicted octanol–water partition coefficient (Wildman–Crippen LogP) is 2.21. The van der Waals surface area contributed by atoms with Crippen LogP contribution in [0.15, 0.2) is 6.20 Å². The Kier molecular flexibility index (Phi) is 5.50. The molecule has 3 rings (SSSR count). The summed E-state index contributed by atoms with van der Waals surface area (Å²) < 4.78 is 7.76. The lowest BCUT2D eigenvalue weighted by atomic mass is 9.93. The molecular formula is C17H28N6O. The second-order valence-corrected chi connectivity index (χ2v) is 6.60. The summed E-state index contributed by atoms with van der Waals surface area (Å²) >= 11 is 0. The largest absolute Gasteiger partial charge is 0.459 e. The van der Waals surface area contributed by atoms with Gasteiger partial charge in [0.2, 0.25) is 0 Å². The lowest BCUT2D eigenvalue weighted by Gasteiger charge is -2.22. The first-order chi connectivity index (χ1) is 11.7. The molecule has 1 saturated heterocycles. The lowest BCUT2D eigenvalue weighted by Crippen LogP contribution is -2.29. The van der Waals surface area contributed by atoms with Gasteiger partial charge < -0.3 is 15.8 Å². The number of anilines is 1. The molecule has 1 fully saturated rings. The van der Waals surface area contributed by atoms with Crippen molar-refractivity contribution >= 4 is 11.5 Å². The van der Waals surface area contributed by atoms with Crippen molar-refractivity contribution < 1.29 is 4.74 Å². The molecule has 0 amide bonds. The number of ether oxygens (including phenoxy) is 1. The number of rotatable bonds is 7. The van der Waals surface area contributed by atoms with Gasteiger partial charge in [0.05, 0.1) is 11.9 Å². The van der Waals surface area contributed by atoms with Crippen molar-refractivity contribution in [1.29, 1.82) is 0 Å². The number of nitrogens with two attached hydrogens (primary N) is 1. The molecule has 132 valence electrons. The number of fused-ring (bicyclic) bond motifs is 1. The maximum atomic E-state index is 6.07. The standard InChI is InChI=1S/C17H28N6O/c1-3-5-14(4-2)24-17-21-15(18)16-20-11-13(23(16)22-17)10-12-6-8-19-9-7-12/h11-12,14,19H,3-10H2,1-2H3,(H2,18,21,22)/t14-/m0/s1. The van der Waals surface area contributed by atoms with Crippen LogP contribution in [0.1, 0.15) is 51.6 Å². The maximum Gasteiger partial charge on any atom is 0.336 e. The third-order valence-corrected chi connectivity index (χ3v) is 4.73. The van der Waals surface area contributed by atoms with Crippen molar-refractivity contribution in [2.45, 2.75) is 58.5 Å². The second kappa shape index (κ2) is 7.79. The zero-order valence-electron chi connectivity index (χ0n) is 14.7. The van der Waals surface area contributed by atoms with Crippen LogP contribution in [0.2, 0.25) is 0 Å². The van der Waals surface area contributed by atoms with Gasteiger partial charge in [-0.1, -0.05) is 20.3 Å². The summed E-state index contributed by atoms with van der Waals surface area (Å²) in [5.41, 5.74) is 7.77. The molecule has 2 aromatic heterocycles. The van der Waals surface area contributed by atoms with Crippen LogP contribution in [0.25, 0.3) is 5.65 Å². The molecule has 1 atom stereocenters. The van der Waals surface area contributed by atoms with Gasteiger partial charge in [0.15, 0.2) is 11.5 Å². The fraction of sp³-hybridized carbons (Fsp3) is 0.706. The van der Waals surface area contributed by atoms with Crippen molar-refractivity contribution in [3.05, 3.63) is 11.9 Å². The highest BCUT2D eigenvalue weighted by Crippen LogP contribution is 2.21. The number of aromatic nitrogens is 4. The molecule has 0 aromatic carbocycles. The minimum Gasteiger partial charge on any atom is -0.459 e. The van der Waals surface area contributed by atoms with Gasteiger partial charge in [-0.3, -0.25) is 0 Å². The van der Waals surface area contributed by atoms with Crippen LogP contribution < -0.4 is 15.8 Å². The average molecular weight is 332 g/mol. The summed E-state index contributed by atoms with van der Waals surface area (Å²) in [7, 11) is 0. The Labute approximate surface area is 143 Å². The van der Waals surface area contributed by atoms with Gasteiger partial charge in [-0.25, -0.2) is 9.50 Å². The molecule has 0 bridgehead atoms. The number of nitrogens with one attached hydrogen (secondary N) is 1. The number of hydrogen-bond acceptors (Lipinski definition) is 6. The van der Waals surface area contributed by atoms with Gasteiger partial charge in [-0.15, -0.1) is 5.10 Å². The van der Waals surface area contributed by atoms with Crippen LogP contribution >= 0.6 is 0 Å². The minimum atomic E-state index is 0.128. The highest BCUT2D eigenvalue weighted by atomic mass is 16.5. The summed E-state index contributed by atoms with van der Waals surface area (Å²) in [6.45, 7) is 6.43. The van der Waals surface area contributed by atoms with Crippen LogP contribution in [0, 0.1) is 5.92 Å². The van der Waals surface area contributed by atoms with E-state index in [1.54, 1.807) is 0 Å². The van der Waals surface area contributed by atoms with E-state index in [-0.39, 0.29) is 6.10 Å². The lowest BCUT2D eigenvalue weighted by molar-refractivity contribution is 0.167. The SMILES string of the molecule is CCC[C@H](CC)Oc1nc(N)c2ncc(CC3CCNCC3)n2n1. The Balaban J connectivity index is 1.83.